The molecule has 1 rings (SSSR count). The van der Waals surface area contributed by atoms with Gasteiger partial charge in [0.25, 0.3) is 0 Å². The minimum atomic E-state index is -3.57. The van der Waals surface area contributed by atoms with Crippen molar-refractivity contribution in [3.63, 3.8) is 0 Å². The number of benzene rings is 1. The molecule has 1 aromatic rings. The summed E-state index contributed by atoms with van der Waals surface area (Å²) in [5.74, 6) is 0. The van der Waals surface area contributed by atoms with Gasteiger partial charge in [0.05, 0.1) is 17.0 Å². The van der Waals surface area contributed by atoms with Crippen molar-refractivity contribution in [1.29, 1.82) is 0 Å². The van der Waals surface area contributed by atoms with Gasteiger partial charge in [0.15, 0.2) is 0 Å². The van der Waals surface area contributed by atoms with Crippen LogP contribution in [0.2, 0.25) is 0 Å². The lowest BCUT2D eigenvalue weighted by atomic mass is 10.1. The van der Waals surface area contributed by atoms with E-state index in [1.807, 2.05) is 6.92 Å². The van der Waals surface area contributed by atoms with Crippen LogP contribution in [-0.2, 0) is 16.4 Å². The average Bonchev–Trinajstić information content (AvgIpc) is 2.28. The lowest BCUT2D eigenvalue weighted by Crippen LogP contribution is -2.46. The highest BCUT2D eigenvalue weighted by molar-refractivity contribution is 7.89. The van der Waals surface area contributed by atoms with Gasteiger partial charge in [-0.05, 0) is 38.0 Å². The zero-order chi connectivity index (χ0) is 13.1. The zero-order valence-corrected chi connectivity index (χ0v) is 11.2. The van der Waals surface area contributed by atoms with Crippen molar-refractivity contribution in [1.82, 2.24) is 4.72 Å². The third kappa shape index (κ3) is 3.80. The summed E-state index contributed by atoms with van der Waals surface area (Å²) in [6, 6.07) is 6.74. The Labute approximate surface area is 103 Å². The monoisotopic (exact) mass is 257 g/mol. The summed E-state index contributed by atoms with van der Waals surface area (Å²) < 4.78 is 26.4. The van der Waals surface area contributed by atoms with E-state index in [0.29, 0.717) is 0 Å². The first-order valence-electron chi connectivity index (χ1n) is 5.54. The SMILES string of the molecule is CCc1ccc(S(=O)(=O)NC(C)(C)CO)cc1. The minimum Gasteiger partial charge on any atom is -0.394 e. The number of aliphatic hydroxyl groups excluding tert-OH is 1. The number of hydrogen-bond acceptors (Lipinski definition) is 3. The fourth-order valence-electron chi connectivity index (χ4n) is 1.36. The molecule has 0 saturated carbocycles. The van der Waals surface area contributed by atoms with Gasteiger partial charge in [0.1, 0.15) is 0 Å². The first-order chi connectivity index (χ1) is 7.80. The summed E-state index contributed by atoms with van der Waals surface area (Å²) >= 11 is 0. The van der Waals surface area contributed by atoms with Crippen molar-refractivity contribution in [2.45, 2.75) is 37.6 Å². The van der Waals surface area contributed by atoms with Crippen LogP contribution in [0.3, 0.4) is 0 Å². The van der Waals surface area contributed by atoms with Gasteiger partial charge < -0.3 is 5.11 Å². The molecular formula is C12H19NO3S. The van der Waals surface area contributed by atoms with E-state index in [2.05, 4.69) is 4.72 Å². The van der Waals surface area contributed by atoms with Crippen LogP contribution in [0, 0.1) is 0 Å². The second-order valence-electron chi connectivity index (χ2n) is 4.65. The van der Waals surface area contributed by atoms with Crippen LogP contribution in [0.25, 0.3) is 0 Å². The Hall–Kier alpha value is -0.910. The highest BCUT2D eigenvalue weighted by Crippen LogP contribution is 2.14. The van der Waals surface area contributed by atoms with E-state index in [0.717, 1.165) is 12.0 Å². The van der Waals surface area contributed by atoms with E-state index >= 15 is 0 Å². The van der Waals surface area contributed by atoms with E-state index in [1.165, 1.54) is 0 Å². The molecule has 0 bridgehead atoms. The second kappa shape index (κ2) is 5.16. The normalized spacial score (nSPS) is 12.7. The summed E-state index contributed by atoms with van der Waals surface area (Å²) in [5, 5.41) is 9.06. The summed E-state index contributed by atoms with van der Waals surface area (Å²) in [5.41, 5.74) is 0.229. The van der Waals surface area contributed by atoms with Crippen molar-refractivity contribution >= 4 is 10.0 Å². The average molecular weight is 257 g/mol. The Bertz CT molecular complexity index is 463. The first-order valence-corrected chi connectivity index (χ1v) is 7.03. The molecule has 0 aliphatic heterocycles. The highest BCUT2D eigenvalue weighted by atomic mass is 32.2. The molecule has 0 spiro atoms. The molecule has 4 nitrogen and oxygen atoms in total. The molecule has 0 radical (unpaired) electrons. The number of nitrogens with one attached hydrogen (secondary N) is 1. The van der Waals surface area contributed by atoms with Crippen LogP contribution in [-0.4, -0.2) is 25.7 Å². The summed E-state index contributed by atoms with van der Waals surface area (Å²) in [7, 11) is -3.57. The van der Waals surface area contributed by atoms with Gasteiger partial charge in [-0.2, -0.15) is 0 Å². The molecular weight excluding hydrogens is 238 g/mol. The topological polar surface area (TPSA) is 66.4 Å². The molecule has 96 valence electrons. The predicted molar refractivity (Wildman–Crippen MR) is 67.3 cm³/mol. The Balaban J connectivity index is 2.97. The van der Waals surface area contributed by atoms with Crippen LogP contribution < -0.4 is 4.72 Å². The molecule has 0 aromatic heterocycles. The maximum absolute atomic E-state index is 12.0. The molecule has 0 fully saturated rings. The van der Waals surface area contributed by atoms with Crippen molar-refractivity contribution in [2.75, 3.05) is 6.61 Å². The standard InChI is InChI=1S/C12H19NO3S/c1-4-10-5-7-11(8-6-10)17(15,16)13-12(2,3)9-14/h5-8,13-14H,4,9H2,1-3H3. The smallest absolute Gasteiger partial charge is 0.241 e. The van der Waals surface area contributed by atoms with Gasteiger partial charge in [0, 0.05) is 0 Å². The quantitative estimate of drug-likeness (QED) is 0.835. The molecule has 0 unspecified atom stereocenters. The molecule has 0 aliphatic rings. The molecule has 2 N–H and O–H groups in total. The summed E-state index contributed by atoms with van der Waals surface area (Å²) in [4.78, 5) is 0.219. The lowest BCUT2D eigenvalue weighted by Gasteiger charge is -2.23. The number of aryl methyl sites for hydroxylation is 1. The van der Waals surface area contributed by atoms with Crippen LogP contribution in [0.5, 0.6) is 0 Å². The van der Waals surface area contributed by atoms with Crippen LogP contribution >= 0.6 is 0 Å². The van der Waals surface area contributed by atoms with Crippen molar-refractivity contribution in [3.8, 4) is 0 Å². The number of sulfonamides is 1. The fraction of sp³-hybridized carbons (Fsp3) is 0.500. The third-order valence-corrected chi connectivity index (χ3v) is 4.16. The minimum absolute atomic E-state index is 0.219. The van der Waals surface area contributed by atoms with Crippen LogP contribution in [0.4, 0.5) is 0 Å². The number of hydrogen-bond donors (Lipinski definition) is 2. The zero-order valence-electron chi connectivity index (χ0n) is 10.4. The molecule has 0 saturated heterocycles. The van der Waals surface area contributed by atoms with E-state index in [4.69, 9.17) is 5.11 Å². The molecule has 0 atom stereocenters. The highest BCUT2D eigenvalue weighted by Gasteiger charge is 2.25. The Morgan fingerprint density at radius 1 is 1.24 bits per heavy atom. The molecule has 5 heteroatoms. The van der Waals surface area contributed by atoms with E-state index in [1.54, 1.807) is 38.1 Å². The van der Waals surface area contributed by atoms with Gasteiger partial charge in [-0.25, -0.2) is 13.1 Å². The number of rotatable bonds is 5. The van der Waals surface area contributed by atoms with Gasteiger partial charge in [-0.1, -0.05) is 19.1 Å². The van der Waals surface area contributed by atoms with Gasteiger partial charge in [-0.15, -0.1) is 0 Å². The van der Waals surface area contributed by atoms with E-state index in [9.17, 15) is 8.42 Å². The van der Waals surface area contributed by atoms with Crippen LogP contribution in [0.15, 0.2) is 29.2 Å². The van der Waals surface area contributed by atoms with Crippen molar-refractivity contribution < 1.29 is 13.5 Å². The second-order valence-corrected chi connectivity index (χ2v) is 6.33. The predicted octanol–water partition coefficient (Wildman–Crippen LogP) is 1.30. The Kier molecular flexibility index (Phi) is 4.30. The Morgan fingerprint density at radius 2 is 1.76 bits per heavy atom. The lowest BCUT2D eigenvalue weighted by molar-refractivity contribution is 0.208. The van der Waals surface area contributed by atoms with Crippen molar-refractivity contribution in [3.05, 3.63) is 29.8 Å². The summed E-state index contributed by atoms with van der Waals surface area (Å²) in [6.07, 6.45) is 0.871. The van der Waals surface area contributed by atoms with Crippen LogP contribution in [0.1, 0.15) is 26.3 Å². The third-order valence-electron chi connectivity index (χ3n) is 2.45. The molecule has 0 amide bonds. The maximum atomic E-state index is 12.0. The van der Waals surface area contributed by atoms with Crippen molar-refractivity contribution in [2.24, 2.45) is 0 Å². The summed E-state index contributed by atoms with van der Waals surface area (Å²) in [6.45, 7) is 5.02. The van der Waals surface area contributed by atoms with Gasteiger partial charge >= 0.3 is 0 Å². The van der Waals surface area contributed by atoms with Gasteiger partial charge in [-0.3, -0.25) is 0 Å². The van der Waals surface area contributed by atoms with E-state index in [-0.39, 0.29) is 11.5 Å². The van der Waals surface area contributed by atoms with E-state index < -0.39 is 15.6 Å². The maximum Gasteiger partial charge on any atom is 0.241 e. The first kappa shape index (κ1) is 14.2. The molecule has 17 heavy (non-hydrogen) atoms. The molecule has 0 aliphatic carbocycles. The largest absolute Gasteiger partial charge is 0.394 e. The molecule has 0 heterocycles. The molecule has 1 aromatic carbocycles. The Morgan fingerprint density at radius 3 is 2.18 bits per heavy atom. The fourth-order valence-corrected chi connectivity index (χ4v) is 2.76. The van der Waals surface area contributed by atoms with Gasteiger partial charge in [0.2, 0.25) is 10.0 Å². The number of aliphatic hydroxyl groups is 1.